The van der Waals surface area contributed by atoms with Crippen molar-refractivity contribution in [1.29, 1.82) is 0 Å². The molecule has 0 bridgehead atoms. The maximum Gasteiger partial charge on any atom is 0.329 e. The van der Waals surface area contributed by atoms with E-state index in [-0.39, 0.29) is 17.9 Å². The molecule has 0 spiro atoms. The zero-order chi connectivity index (χ0) is 16.1. The third-order valence-corrected chi connectivity index (χ3v) is 2.95. The van der Waals surface area contributed by atoms with Crippen molar-refractivity contribution < 1.29 is 14.5 Å². The molecule has 0 unspecified atom stereocenters. The Balaban J connectivity index is 2.19. The van der Waals surface area contributed by atoms with Crippen LogP contribution in [0.4, 0.5) is 10.5 Å². The number of nitro benzene ring substituents is 1. The molecular formula is C15H13N3O4. The Morgan fingerprint density at radius 1 is 1.32 bits per heavy atom. The van der Waals surface area contributed by atoms with Crippen LogP contribution >= 0.6 is 0 Å². The number of hydrogen-bond acceptors (Lipinski definition) is 4. The Bertz CT molecular complexity index is 706. The molecule has 0 atom stereocenters. The average Bonchev–Trinajstić information content (AvgIpc) is 2.76. The van der Waals surface area contributed by atoms with E-state index in [4.69, 9.17) is 0 Å². The maximum atomic E-state index is 11.9. The van der Waals surface area contributed by atoms with Gasteiger partial charge in [-0.15, -0.1) is 6.58 Å². The van der Waals surface area contributed by atoms with E-state index < -0.39 is 16.9 Å². The SMILES string of the molecule is C=CCN1C(=O)N/C(=C/C=C/c2ccccc2[N+](=O)[O-])C1=O. The molecule has 1 aliphatic rings. The lowest BCUT2D eigenvalue weighted by atomic mass is 10.1. The van der Waals surface area contributed by atoms with Crippen LogP contribution in [0.15, 0.2) is 54.8 Å². The topological polar surface area (TPSA) is 92.6 Å². The minimum Gasteiger partial charge on any atom is -0.303 e. The molecule has 0 saturated carbocycles. The summed E-state index contributed by atoms with van der Waals surface area (Å²) in [6.07, 6.45) is 5.83. The van der Waals surface area contributed by atoms with Crippen molar-refractivity contribution in [2.75, 3.05) is 6.54 Å². The van der Waals surface area contributed by atoms with Crippen LogP contribution in [0.3, 0.4) is 0 Å². The van der Waals surface area contributed by atoms with Gasteiger partial charge in [0, 0.05) is 12.6 Å². The van der Waals surface area contributed by atoms with Gasteiger partial charge in [0.1, 0.15) is 5.70 Å². The van der Waals surface area contributed by atoms with Crippen molar-refractivity contribution in [2.45, 2.75) is 0 Å². The number of imide groups is 1. The molecule has 1 aromatic carbocycles. The van der Waals surface area contributed by atoms with Gasteiger partial charge in [0.15, 0.2) is 0 Å². The van der Waals surface area contributed by atoms with Crippen LogP contribution in [-0.2, 0) is 4.79 Å². The van der Waals surface area contributed by atoms with Crippen LogP contribution < -0.4 is 5.32 Å². The molecule has 0 radical (unpaired) electrons. The summed E-state index contributed by atoms with van der Waals surface area (Å²) in [6, 6.07) is 5.71. The third kappa shape index (κ3) is 3.09. The molecule has 1 fully saturated rings. The van der Waals surface area contributed by atoms with Crippen molar-refractivity contribution in [2.24, 2.45) is 0 Å². The highest BCUT2D eigenvalue weighted by Crippen LogP contribution is 2.19. The Morgan fingerprint density at radius 2 is 2.05 bits per heavy atom. The largest absolute Gasteiger partial charge is 0.329 e. The molecule has 112 valence electrons. The predicted molar refractivity (Wildman–Crippen MR) is 80.7 cm³/mol. The highest BCUT2D eigenvalue weighted by atomic mass is 16.6. The zero-order valence-corrected chi connectivity index (χ0v) is 11.6. The molecule has 1 saturated heterocycles. The number of para-hydroxylation sites is 1. The molecule has 3 amide bonds. The van der Waals surface area contributed by atoms with Crippen LogP contribution in [0.5, 0.6) is 0 Å². The molecule has 0 aliphatic carbocycles. The fraction of sp³-hybridized carbons (Fsp3) is 0.0667. The quantitative estimate of drug-likeness (QED) is 0.297. The number of urea groups is 1. The summed E-state index contributed by atoms with van der Waals surface area (Å²) in [4.78, 5) is 34.9. The molecule has 1 N–H and O–H groups in total. The standard InChI is InChI=1S/C15H13N3O4/c1-2-10-17-14(19)12(16-15(17)20)8-5-7-11-6-3-4-9-13(11)18(21)22/h2-9H,1,10H2,(H,16,20)/b7-5+,12-8+. The number of rotatable bonds is 5. The second-order valence-electron chi connectivity index (χ2n) is 4.39. The molecule has 2 rings (SSSR count). The summed E-state index contributed by atoms with van der Waals surface area (Å²) in [5.74, 6) is -0.461. The first-order valence-corrected chi connectivity index (χ1v) is 6.40. The van der Waals surface area contributed by atoms with Gasteiger partial charge >= 0.3 is 6.03 Å². The van der Waals surface area contributed by atoms with Gasteiger partial charge in [-0.3, -0.25) is 19.8 Å². The highest BCUT2D eigenvalue weighted by molar-refractivity contribution is 6.11. The smallest absolute Gasteiger partial charge is 0.303 e. The van der Waals surface area contributed by atoms with Crippen molar-refractivity contribution in [1.82, 2.24) is 10.2 Å². The third-order valence-electron chi connectivity index (χ3n) is 2.95. The summed E-state index contributed by atoms with van der Waals surface area (Å²) in [6.45, 7) is 3.60. The van der Waals surface area contributed by atoms with Gasteiger partial charge in [-0.1, -0.05) is 24.3 Å². The lowest BCUT2D eigenvalue weighted by Gasteiger charge is -2.06. The van der Waals surface area contributed by atoms with Crippen LogP contribution in [-0.4, -0.2) is 28.3 Å². The number of allylic oxidation sites excluding steroid dienone is 2. The number of nitro groups is 1. The molecule has 22 heavy (non-hydrogen) atoms. The van der Waals surface area contributed by atoms with E-state index in [1.165, 1.54) is 30.4 Å². The van der Waals surface area contributed by atoms with Crippen molar-refractivity contribution in [3.8, 4) is 0 Å². The highest BCUT2D eigenvalue weighted by Gasteiger charge is 2.31. The first kappa shape index (κ1) is 15.2. The van der Waals surface area contributed by atoms with Gasteiger partial charge in [0.2, 0.25) is 0 Å². The Labute approximate surface area is 126 Å². The monoisotopic (exact) mass is 299 g/mol. The molecular weight excluding hydrogens is 286 g/mol. The van der Waals surface area contributed by atoms with Gasteiger partial charge in [-0.2, -0.15) is 0 Å². The van der Waals surface area contributed by atoms with E-state index in [2.05, 4.69) is 11.9 Å². The van der Waals surface area contributed by atoms with E-state index >= 15 is 0 Å². The second-order valence-corrected chi connectivity index (χ2v) is 4.39. The van der Waals surface area contributed by atoms with Crippen LogP contribution in [0.1, 0.15) is 5.56 Å². The number of carbonyl (C=O) groups excluding carboxylic acids is 2. The Kier molecular flexibility index (Phi) is 4.47. The lowest BCUT2D eigenvalue weighted by Crippen LogP contribution is -2.30. The van der Waals surface area contributed by atoms with Crippen LogP contribution in [0.2, 0.25) is 0 Å². The summed E-state index contributed by atoms with van der Waals surface area (Å²) < 4.78 is 0. The van der Waals surface area contributed by atoms with E-state index in [0.717, 1.165) is 4.90 Å². The molecule has 7 heteroatoms. The van der Waals surface area contributed by atoms with Gasteiger partial charge in [0.25, 0.3) is 11.6 Å². The number of hydrogen-bond donors (Lipinski definition) is 1. The molecule has 1 heterocycles. The van der Waals surface area contributed by atoms with Gasteiger partial charge < -0.3 is 5.32 Å². The number of benzene rings is 1. The van der Waals surface area contributed by atoms with Crippen LogP contribution in [0, 0.1) is 10.1 Å². The first-order chi connectivity index (χ1) is 10.5. The Hall–Kier alpha value is -3.22. The Morgan fingerprint density at radius 3 is 2.73 bits per heavy atom. The van der Waals surface area contributed by atoms with E-state index in [9.17, 15) is 19.7 Å². The molecule has 7 nitrogen and oxygen atoms in total. The maximum absolute atomic E-state index is 11.9. The summed E-state index contributed by atoms with van der Waals surface area (Å²) in [5, 5.41) is 13.3. The minimum atomic E-state index is -0.518. The number of amides is 3. The summed E-state index contributed by atoms with van der Waals surface area (Å²) in [7, 11) is 0. The van der Waals surface area contributed by atoms with Gasteiger partial charge in [-0.25, -0.2) is 4.79 Å². The number of nitrogens with one attached hydrogen (secondary N) is 1. The van der Waals surface area contributed by atoms with E-state index in [1.807, 2.05) is 0 Å². The van der Waals surface area contributed by atoms with Crippen molar-refractivity contribution in [3.63, 3.8) is 0 Å². The fourth-order valence-corrected chi connectivity index (χ4v) is 1.92. The average molecular weight is 299 g/mol. The fourth-order valence-electron chi connectivity index (χ4n) is 1.92. The van der Waals surface area contributed by atoms with Gasteiger partial charge in [-0.05, 0) is 18.2 Å². The zero-order valence-electron chi connectivity index (χ0n) is 11.6. The lowest BCUT2D eigenvalue weighted by molar-refractivity contribution is -0.385. The normalized spacial score (nSPS) is 16.4. The predicted octanol–water partition coefficient (Wildman–Crippen LogP) is 2.23. The molecule has 1 aromatic rings. The molecule has 0 aromatic heterocycles. The summed E-state index contributed by atoms with van der Waals surface area (Å²) >= 11 is 0. The van der Waals surface area contributed by atoms with Gasteiger partial charge in [0.05, 0.1) is 10.5 Å². The number of carbonyl (C=O) groups is 2. The minimum absolute atomic E-state index is 0.0350. The second kappa shape index (κ2) is 6.49. The van der Waals surface area contributed by atoms with E-state index in [1.54, 1.807) is 18.2 Å². The van der Waals surface area contributed by atoms with Crippen LogP contribution in [0.25, 0.3) is 6.08 Å². The molecule has 1 aliphatic heterocycles. The summed E-state index contributed by atoms with van der Waals surface area (Å²) in [5.41, 5.74) is 0.484. The van der Waals surface area contributed by atoms with E-state index in [0.29, 0.717) is 5.56 Å². The van der Waals surface area contributed by atoms with Crippen molar-refractivity contribution in [3.05, 3.63) is 70.4 Å². The van der Waals surface area contributed by atoms with Crippen molar-refractivity contribution >= 4 is 23.7 Å². The first-order valence-electron chi connectivity index (χ1n) is 6.40. The number of nitrogens with zero attached hydrogens (tertiary/aromatic N) is 2.